The van der Waals surface area contributed by atoms with Gasteiger partial charge in [0.15, 0.2) is 0 Å². The molecule has 0 spiro atoms. The van der Waals surface area contributed by atoms with Gasteiger partial charge in [-0.15, -0.1) is 0 Å². The molecule has 4 nitrogen and oxygen atoms in total. The van der Waals surface area contributed by atoms with Gasteiger partial charge in [0.1, 0.15) is 5.69 Å². The van der Waals surface area contributed by atoms with Crippen molar-refractivity contribution in [1.29, 1.82) is 0 Å². The first-order valence-electron chi connectivity index (χ1n) is 5.48. The molecule has 0 amide bonds. The number of rotatable bonds is 4. The van der Waals surface area contributed by atoms with Crippen LogP contribution in [0.25, 0.3) is 0 Å². The summed E-state index contributed by atoms with van der Waals surface area (Å²) in [6.07, 6.45) is -7.82. The van der Waals surface area contributed by atoms with E-state index in [1.54, 1.807) is 0 Å². The van der Waals surface area contributed by atoms with Crippen molar-refractivity contribution in [1.82, 2.24) is 4.98 Å². The van der Waals surface area contributed by atoms with E-state index in [0.717, 1.165) is 0 Å². The standard InChI is InChI=1S/C11H11F5N2O2/c1-2-20-10(19)6-4-18-8(11(14,15)16)5(3-17)7(6)9(12)13/h4,9H,2-3,17H2,1H3. The number of nitrogens with two attached hydrogens (primary N) is 1. The Morgan fingerprint density at radius 2 is 2.05 bits per heavy atom. The summed E-state index contributed by atoms with van der Waals surface area (Å²) in [5, 5.41) is 0. The maximum absolute atomic E-state index is 13.0. The number of carbonyl (C=O) groups is 1. The monoisotopic (exact) mass is 298 g/mol. The number of halogens is 5. The average molecular weight is 298 g/mol. The minimum atomic E-state index is -4.94. The van der Waals surface area contributed by atoms with E-state index in [9.17, 15) is 26.7 Å². The lowest BCUT2D eigenvalue weighted by Gasteiger charge is -2.17. The van der Waals surface area contributed by atoms with Crippen LogP contribution >= 0.6 is 0 Å². The summed E-state index contributed by atoms with van der Waals surface area (Å²) < 4.78 is 68.5. The van der Waals surface area contributed by atoms with Crippen molar-refractivity contribution in [3.63, 3.8) is 0 Å². The summed E-state index contributed by atoms with van der Waals surface area (Å²) in [4.78, 5) is 14.5. The zero-order valence-electron chi connectivity index (χ0n) is 10.3. The predicted molar refractivity (Wildman–Crippen MR) is 58.0 cm³/mol. The van der Waals surface area contributed by atoms with Gasteiger partial charge >= 0.3 is 12.1 Å². The highest BCUT2D eigenvalue weighted by Crippen LogP contribution is 2.36. The molecule has 2 N–H and O–H groups in total. The first kappa shape index (κ1) is 16.3. The number of esters is 1. The molecular weight excluding hydrogens is 287 g/mol. The summed E-state index contributed by atoms with van der Waals surface area (Å²) >= 11 is 0. The van der Waals surface area contributed by atoms with Gasteiger partial charge in [0.05, 0.1) is 12.2 Å². The highest BCUT2D eigenvalue weighted by atomic mass is 19.4. The van der Waals surface area contributed by atoms with E-state index < -0.39 is 47.5 Å². The fraction of sp³-hybridized carbons (Fsp3) is 0.455. The van der Waals surface area contributed by atoms with Gasteiger partial charge in [-0.05, 0) is 6.92 Å². The Bertz CT molecular complexity index is 502. The maximum atomic E-state index is 13.0. The Balaban J connectivity index is 3.54. The number of ether oxygens (including phenoxy) is 1. The number of pyridine rings is 1. The third-order valence-electron chi connectivity index (χ3n) is 2.41. The molecule has 1 aromatic rings. The minimum Gasteiger partial charge on any atom is -0.462 e. The van der Waals surface area contributed by atoms with Gasteiger partial charge in [-0.1, -0.05) is 0 Å². The van der Waals surface area contributed by atoms with Crippen LogP contribution in [0, 0.1) is 0 Å². The molecule has 0 aliphatic carbocycles. The van der Waals surface area contributed by atoms with Gasteiger partial charge in [0, 0.05) is 23.9 Å². The second-order valence-corrected chi connectivity index (χ2v) is 3.64. The molecule has 0 radical (unpaired) electrons. The van der Waals surface area contributed by atoms with E-state index in [2.05, 4.69) is 9.72 Å². The third-order valence-corrected chi connectivity index (χ3v) is 2.41. The number of carbonyl (C=O) groups excluding carboxylic acids is 1. The average Bonchev–Trinajstić information content (AvgIpc) is 2.35. The van der Waals surface area contributed by atoms with Crippen molar-refractivity contribution in [2.45, 2.75) is 26.1 Å². The Hall–Kier alpha value is -1.77. The molecule has 0 aliphatic heterocycles. The van der Waals surface area contributed by atoms with E-state index in [1.165, 1.54) is 6.92 Å². The lowest BCUT2D eigenvalue weighted by atomic mass is 10.0. The molecule has 20 heavy (non-hydrogen) atoms. The summed E-state index contributed by atoms with van der Waals surface area (Å²) in [7, 11) is 0. The predicted octanol–water partition coefficient (Wildman–Crippen LogP) is 2.67. The van der Waals surface area contributed by atoms with Gasteiger partial charge in [-0.2, -0.15) is 13.2 Å². The van der Waals surface area contributed by atoms with Crippen molar-refractivity contribution < 1.29 is 31.5 Å². The molecule has 0 atom stereocenters. The van der Waals surface area contributed by atoms with E-state index in [0.29, 0.717) is 6.20 Å². The molecule has 1 aromatic heterocycles. The zero-order chi connectivity index (χ0) is 15.5. The number of hydrogen-bond donors (Lipinski definition) is 1. The lowest BCUT2D eigenvalue weighted by Crippen LogP contribution is -2.20. The summed E-state index contributed by atoms with van der Waals surface area (Å²) in [6.45, 7) is 0.497. The summed E-state index contributed by atoms with van der Waals surface area (Å²) in [5.74, 6) is -1.17. The summed E-state index contributed by atoms with van der Waals surface area (Å²) in [6, 6.07) is 0. The van der Waals surface area contributed by atoms with Crippen LogP contribution in [0.1, 0.15) is 40.5 Å². The molecule has 1 rings (SSSR count). The molecule has 9 heteroatoms. The summed E-state index contributed by atoms with van der Waals surface area (Å²) in [5.41, 5.74) is 0.872. The highest BCUT2D eigenvalue weighted by Gasteiger charge is 2.38. The van der Waals surface area contributed by atoms with Gasteiger partial charge in [0.2, 0.25) is 0 Å². The van der Waals surface area contributed by atoms with Crippen molar-refractivity contribution >= 4 is 5.97 Å². The van der Waals surface area contributed by atoms with Crippen molar-refractivity contribution in [2.24, 2.45) is 5.73 Å². The molecule has 0 aliphatic rings. The lowest BCUT2D eigenvalue weighted by molar-refractivity contribution is -0.142. The van der Waals surface area contributed by atoms with Crippen LogP contribution in [0.4, 0.5) is 22.0 Å². The maximum Gasteiger partial charge on any atom is 0.433 e. The first-order chi connectivity index (χ1) is 9.23. The number of hydrogen-bond acceptors (Lipinski definition) is 4. The third kappa shape index (κ3) is 3.21. The van der Waals surface area contributed by atoms with Gasteiger partial charge in [-0.3, -0.25) is 4.98 Å². The number of aromatic nitrogens is 1. The SMILES string of the molecule is CCOC(=O)c1cnc(C(F)(F)F)c(CN)c1C(F)F. The Morgan fingerprint density at radius 1 is 1.45 bits per heavy atom. The van der Waals surface area contributed by atoms with Crippen molar-refractivity contribution in [2.75, 3.05) is 6.61 Å². The van der Waals surface area contributed by atoms with Gasteiger partial charge in [-0.25, -0.2) is 13.6 Å². The van der Waals surface area contributed by atoms with Crippen LogP contribution < -0.4 is 5.73 Å². The molecule has 0 saturated heterocycles. The largest absolute Gasteiger partial charge is 0.462 e. The molecule has 0 saturated carbocycles. The smallest absolute Gasteiger partial charge is 0.433 e. The Labute approximate surface area is 110 Å². The van der Waals surface area contributed by atoms with Crippen molar-refractivity contribution in [3.8, 4) is 0 Å². The minimum absolute atomic E-state index is 0.111. The van der Waals surface area contributed by atoms with Crippen LogP contribution in [0.3, 0.4) is 0 Å². The van der Waals surface area contributed by atoms with Crippen LogP contribution in [0.5, 0.6) is 0 Å². The highest BCUT2D eigenvalue weighted by molar-refractivity contribution is 5.91. The molecule has 0 aromatic carbocycles. The molecule has 0 bridgehead atoms. The molecule has 112 valence electrons. The fourth-order valence-corrected chi connectivity index (χ4v) is 1.64. The quantitative estimate of drug-likeness (QED) is 0.685. The molecule has 0 unspecified atom stereocenters. The van der Waals surface area contributed by atoms with E-state index in [-0.39, 0.29) is 6.61 Å². The number of alkyl halides is 5. The number of nitrogens with zero attached hydrogens (tertiary/aromatic N) is 1. The van der Waals surface area contributed by atoms with E-state index in [4.69, 9.17) is 5.73 Å². The zero-order valence-corrected chi connectivity index (χ0v) is 10.3. The molecule has 1 heterocycles. The second-order valence-electron chi connectivity index (χ2n) is 3.64. The first-order valence-corrected chi connectivity index (χ1v) is 5.48. The van der Waals surface area contributed by atoms with E-state index >= 15 is 0 Å². The van der Waals surface area contributed by atoms with Gasteiger partial charge < -0.3 is 10.5 Å². The Kier molecular flexibility index (Phi) is 4.98. The van der Waals surface area contributed by atoms with Crippen LogP contribution in [-0.4, -0.2) is 17.6 Å². The normalized spacial score (nSPS) is 11.8. The fourth-order valence-electron chi connectivity index (χ4n) is 1.64. The van der Waals surface area contributed by atoms with Crippen LogP contribution in [0.15, 0.2) is 6.20 Å². The molecular formula is C11H11F5N2O2. The van der Waals surface area contributed by atoms with Crippen molar-refractivity contribution in [3.05, 3.63) is 28.6 Å². The molecule has 0 fully saturated rings. The second kappa shape index (κ2) is 6.12. The Morgan fingerprint density at radius 3 is 2.45 bits per heavy atom. The van der Waals surface area contributed by atoms with Crippen LogP contribution in [-0.2, 0) is 17.5 Å². The van der Waals surface area contributed by atoms with Gasteiger partial charge in [0.25, 0.3) is 6.43 Å². The van der Waals surface area contributed by atoms with E-state index in [1.807, 2.05) is 0 Å². The topological polar surface area (TPSA) is 65.2 Å². The van der Waals surface area contributed by atoms with Crippen LogP contribution in [0.2, 0.25) is 0 Å².